The zero-order valence-electron chi connectivity index (χ0n) is 7.93. The molecule has 0 saturated heterocycles. The lowest BCUT2D eigenvalue weighted by Crippen LogP contribution is -1.80. The van der Waals surface area contributed by atoms with E-state index in [2.05, 4.69) is 19.7 Å². The first-order valence-electron chi connectivity index (χ1n) is 3.94. The molecule has 0 N–H and O–H groups in total. The van der Waals surface area contributed by atoms with Crippen LogP contribution in [0.2, 0.25) is 0 Å². The van der Waals surface area contributed by atoms with Crippen LogP contribution in [0, 0.1) is 0 Å². The Kier molecular flexibility index (Phi) is 4.78. The summed E-state index contributed by atoms with van der Waals surface area (Å²) in [6, 6.07) is 0. The number of rotatable bonds is 4. The molecule has 0 aromatic carbocycles. The molecule has 0 fully saturated rings. The van der Waals surface area contributed by atoms with Crippen molar-refractivity contribution in [2.45, 2.75) is 13.8 Å². The van der Waals surface area contributed by atoms with Crippen LogP contribution in [0.5, 0.6) is 0 Å². The molecule has 0 aliphatic rings. The first-order chi connectivity index (χ1) is 5.65. The predicted octanol–water partition coefficient (Wildman–Crippen LogP) is 3.81. The average molecular weight is 160 g/mol. The van der Waals surface area contributed by atoms with E-state index in [0.717, 1.165) is 11.1 Å². The second-order valence-electron chi connectivity index (χ2n) is 2.57. The quantitative estimate of drug-likeness (QED) is 0.549. The molecular formula is C12H16. The minimum atomic E-state index is 0.909. The topological polar surface area (TPSA) is 0 Å². The number of allylic oxidation sites excluding steroid dienone is 7. The fraction of sp³-hybridized carbons (Fsp3) is 0.167. The lowest BCUT2D eigenvalue weighted by Gasteiger charge is -2.00. The number of hydrogen-bond donors (Lipinski definition) is 0. The van der Waals surface area contributed by atoms with Crippen molar-refractivity contribution < 1.29 is 0 Å². The van der Waals surface area contributed by atoms with Crippen LogP contribution in [0.15, 0.2) is 60.8 Å². The van der Waals surface area contributed by atoms with Crippen LogP contribution in [0.25, 0.3) is 0 Å². The highest BCUT2D eigenvalue weighted by atomic mass is 14.0. The molecule has 0 aromatic heterocycles. The number of hydrogen-bond acceptors (Lipinski definition) is 0. The molecule has 64 valence electrons. The maximum Gasteiger partial charge on any atom is -0.0194 e. The van der Waals surface area contributed by atoms with E-state index >= 15 is 0 Å². The molecule has 0 aliphatic heterocycles. The molecule has 0 aliphatic carbocycles. The summed E-state index contributed by atoms with van der Waals surface area (Å²) in [5, 5.41) is 0. The Morgan fingerprint density at radius 3 is 2.08 bits per heavy atom. The summed E-state index contributed by atoms with van der Waals surface area (Å²) in [7, 11) is 0. The van der Waals surface area contributed by atoms with Crippen LogP contribution in [0.4, 0.5) is 0 Å². The van der Waals surface area contributed by atoms with Gasteiger partial charge in [-0.15, -0.1) is 0 Å². The van der Waals surface area contributed by atoms with E-state index in [-0.39, 0.29) is 0 Å². The van der Waals surface area contributed by atoms with Crippen molar-refractivity contribution in [3.63, 3.8) is 0 Å². The minimum Gasteiger partial charge on any atom is -0.0985 e. The lowest BCUT2D eigenvalue weighted by molar-refractivity contribution is 1.44. The van der Waals surface area contributed by atoms with Gasteiger partial charge in [0.1, 0.15) is 0 Å². The van der Waals surface area contributed by atoms with Gasteiger partial charge in [0.2, 0.25) is 0 Å². The normalized spacial score (nSPS) is 12.5. The maximum atomic E-state index is 3.85. The SMILES string of the molecule is C=CC(=C)/C(C=C)=C\C(C)=C/C. The van der Waals surface area contributed by atoms with Crippen LogP contribution in [0.3, 0.4) is 0 Å². The van der Waals surface area contributed by atoms with Gasteiger partial charge in [0.15, 0.2) is 0 Å². The standard InChI is InChI=1S/C12H16/c1-6-10(4)9-12(8-3)11(5)7-2/h6-9H,2-3,5H2,1,4H3/b10-6-,12-9-. The lowest BCUT2D eigenvalue weighted by atomic mass is 10.1. The second-order valence-corrected chi connectivity index (χ2v) is 2.57. The summed E-state index contributed by atoms with van der Waals surface area (Å²) in [5.41, 5.74) is 3.14. The Morgan fingerprint density at radius 2 is 1.75 bits per heavy atom. The molecule has 0 unspecified atom stereocenters. The van der Waals surface area contributed by atoms with E-state index in [1.54, 1.807) is 12.2 Å². The highest BCUT2D eigenvalue weighted by Gasteiger charge is 1.92. The van der Waals surface area contributed by atoms with Crippen molar-refractivity contribution in [3.05, 3.63) is 60.8 Å². The van der Waals surface area contributed by atoms with Crippen molar-refractivity contribution in [2.24, 2.45) is 0 Å². The van der Waals surface area contributed by atoms with Crippen LogP contribution in [-0.4, -0.2) is 0 Å². The van der Waals surface area contributed by atoms with Crippen LogP contribution in [0.1, 0.15) is 13.8 Å². The molecule has 0 heterocycles. The van der Waals surface area contributed by atoms with Gasteiger partial charge in [-0.25, -0.2) is 0 Å². The Labute approximate surface area is 75.3 Å². The van der Waals surface area contributed by atoms with Gasteiger partial charge >= 0.3 is 0 Å². The Hall–Kier alpha value is -1.30. The minimum absolute atomic E-state index is 0.909. The molecule has 12 heavy (non-hydrogen) atoms. The van der Waals surface area contributed by atoms with Crippen LogP contribution < -0.4 is 0 Å². The molecule has 0 rings (SSSR count). The van der Waals surface area contributed by atoms with Gasteiger partial charge in [-0.05, 0) is 25.0 Å². The summed E-state index contributed by atoms with van der Waals surface area (Å²) in [4.78, 5) is 0. The molecule has 0 saturated carbocycles. The second kappa shape index (κ2) is 5.36. The molecule has 0 amide bonds. The van der Waals surface area contributed by atoms with Gasteiger partial charge in [-0.3, -0.25) is 0 Å². The van der Waals surface area contributed by atoms with E-state index in [1.807, 2.05) is 26.0 Å². The first-order valence-corrected chi connectivity index (χ1v) is 3.94. The monoisotopic (exact) mass is 160 g/mol. The molecule has 0 atom stereocenters. The first kappa shape index (κ1) is 10.7. The van der Waals surface area contributed by atoms with E-state index in [0.29, 0.717) is 0 Å². The third kappa shape index (κ3) is 3.20. The van der Waals surface area contributed by atoms with Gasteiger partial charge in [0.25, 0.3) is 0 Å². The van der Waals surface area contributed by atoms with E-state index < -0.39 is 0 Å². The highest BCUT2D eigenvalue weighted by Crippen LogP contribution is 2.12. The predicted molar refractivity (Wildman–Crippen MR) is 57.0 cm³/mol. The molecule has 0 aromatic rings. The summed E-state index contributed by atoms with van der Waals surface area (Å²) >= 11 is 0. The Morgan fingerprint density at radius 1 is 1.17 bits per heavy atom. The molecule has 0 bridgehead atoms. The van der Waals surface area contributed by atoms with Gasteiger partial charge in [-0.1, -0.05) is 49.6 Å². The summed E-state index contributed by atoms with van der Waals surface area (Å²) in [6.45, 7) is 15.3. The smallest absolute Gasteiger partial charge is 0.0194 e. The molecule has 0 heteroatoms. The zero-order chi connectivity index (χ0) is 9.56. The van der Waals surface area contributed by atoms with Crippen molar-refractivity contribution >= 4 is 0 Å². The fourth-order valence-electron chi connectivity index (χ4n) is 0.729. The molecule has 0 spiro atoms. The van der Waals surface area contributed by atoms with Gasteiger partial charge in [0, 0.05) is 0 Å². The van der Waals surface area contributed by atoms with Gasteiger partial charge in [0.05, 0.1) is 0 Å². The Balaban J connectivity index is 4.77. The van der Waals surface area contributed by atoms with Crippen molar-refractivity contribution in [1.29, 1.82) is 0 Å². The molecular weight excluding hydrogens is 144 g/mol. The van der Waals surface area contributed by atoms with Crippen molar-refractivity contribution in [3.8, 4) is 0 Å². The van der Waals surface area contributed by atoms with Crippen molar-refractivity contribution in [1.82, 2.24) is 0 Å². The van der Waals surface area contributed by atoms with Crippen LogP contribution in [-0.2, 0) is 0 Å². The van der Waals surface area contributed by atoms with Gasteiger partial charge < -0.3 is 0 Å². The third-order valence-electron chi connectivity index (χ3n) is 1.68. The van der Waals surface area contributed by atoms with E-state index in [1.165, 1.54) is 5.57 Å². The summed E-state index contributed by atoms with van der Waals surface area (Å²) in [6.07, 6.45) is 7.60. The third-order valence-corrected chi connectivity index (χ3v) is 1.68. The van der Waals surface area contributed by atoms with E-state index in [4.69, 9.17) is 0 Å². The zero-order valence-corrected chi connectivity index (χ0v) is 7.93. The highest BCUT2D eigenvalue weighted by molar-refractivity contribution is 5.46. The molecule has 0 radical (unpaired) electrons. The van der Waals surface area contributed by atoms with E-state index in [9.17, 15) is 0 Å². The van der Waals surface area contributed by atoms with Gasteiger partial charge in [-0.2, -0.15) is 0 Å². The van der Waals surface area contributed by atoms with Crippen LogP contribution >= 0.6 is 0 Å². The largest absolute Gasteiger partial charge is 0.0985 e. The molecule has 0 nitrogen and oxygen atoms in total. The Bertz CT molecular complexity index is 249. The maximum absolute atomic E-state index is 3.85. The fourth-order valence-corrected chi connectivity index (χ4v) is 0.729. The average Bonchev–Trinajstić information content (AvgIpc) is 2.12. The van der Waals surface area contributed by atoms with Crippen molar-refractivity contribution in [2.75, 3.05) is 0 Å². The summed E-state index contributed by atoms with van der Waals surface area (Å²) < 4.78 is 0. The summed E-state index contributed by atoms with van der Waals surface area (Å²) in [5.74, 6) is 0.